The molecular formula is C28H31N3O4S. The van der Waals surface area contributed by atoms with Crippen molar-refractivity contribution in [3.05, 3.63) is 95.1 Å². The predicted molar refractivity (Wildman–Crippen MR) is 140 cm³/mol. The first-order valence-electron chi connectivity index (χ1n) is 12.2. The third-order valence-corrected chi connectivity index (χ3v) is 8.27. The summed E-state index contributed by atoms with van der Waals surface area (Å²) in [5, 5.41) is 5.68. The Bertz CT molecular complexity index is 1330. The van der Waals surface area contributed by atoms with Crippen LogP contribution in [0.2, 0.25) is 0 Å². The molecule has 8 heteroatoms. The summed E-state index contributed by atoms with van der Waals surface area (Å²) in [7, 11) is -3.70. The summed E-state index contributed by atoms with van der Waals surface area (Å²) in [4.78, 5) is 26.2. The van der Waals surface area contributed by atoms with Crippen molar-refractivity contribution in [3.8, 4) is 0 Å². The van der Waals surface area contributed by atoms with E-state index in [0.717, 1.165) is 31.2 Å². The molecule has 0 bridgehead atoms. The number of nitrogens with zero attached hydrogens (tertiary/aromatic N) is 1. The molecule has 4 rings (SSSR count). The zero-order valence-corrected chi connectivity index (χ0v) is 21.2. The maximum Gasteiger partial charge on any atom is 0.255 e. The number of hydrogen-bond donors (Lipinski definition) is 2. The molecule has 0 aliphatic carbocycles. The number of aryl methyl sites for hydroxylation is 1. The summed E-state index contributed by atoms with van der Waals surface area (Å²) in [5.74, 6) is -0.785. The van der Waals surface area contributed by atoms with Crippen LogP contribution in [0.25, 0.3) is 0 Å². The predicted octanol–water partition coefficient (Wildman–Crippen LogP) is 4.74. The number of para-hydroxylation sites is 1. The van der Waals surface area contributed by atoms with E-state index in [0.29, 0.717) is 36.4 Å². The van der Waals surface area contributed by atoms with Crippen molar-refractivity contribution in [2.24, 2.45) is 0 Å². The second-order valence-electron chi connectivity index (χ2n) is 8.96. The second kappa shape index (κ2) is 11.5. The van der Waals surface area contributed by atoms with Crippen molar-refractivity contribution in [1.82, 2.24) is 9.62 Å². The molecule has 36 heavy (non-hydrogen) atoms. The van der Waals surface area contributed by atoms with E-state index >= 15 is 0 Å². The number of benzene rings is 3. The maximum atomic E-state index is 13.3. The first-order valence-corrected chi connectivity index (χ1v) is 13.6. The van der Waals surface area contributed by atoms with E-state index < -0.39 is 15.9 Å². The number of anilines is 1. The molecule has 0 radical (unpaired) electrons. The molecule has 1 aliphatic heterocycles. The van der Waals surface area contributed by atoms with E-state index in [-0.39, 0.29) is 16.4 Å². The van der Waals surface area contributed by atoms with Crippen LogP contribution in [0.4, 0.5) is 5.69 Å². The summed E-state index contributed by atoms with van der Waals surface area (Å²) in [5.41, 5.74) is 2.55. The standard InChI is InChI=1S/C28H31N3O4S/c1-21-15-16-23(36(34,35)31-17-9-2-3-10-18-31)19-25(21)28(33)30-26-14-8-7-13-24(26)27(32)29-20-22-11-5-4-6-12-22/h4-8,11-16,19H,2-3,9-10,17-18,20H2,1H3,(H,29,32)(H,30,33). The molecule has 2 amide bonds. The van der Waals surface area contributed by atoms with Crippen LogP contribution in [0.3, 0.4) is 0 Å². The van der Waals surface area contributed by atoms with Gasteiger partial charge in [0.05, 0.1) is 16.1 Å². The quantitative estimate of drug-likeness (QED) is 0.485. The number of carbonyl (C=O) groups is 2. The van der Waals surface area contributed by atoms with Gasteiger partial charge in [-0.3, -0.25) is 9.59 Å². The van der Waals surface area contributed by atoms with Gasteiger partial charge in [0, 0.05) is 25.2 Å². The lowest BCUT2D eigenvalue weighted by Gasteiger charge is -2.20. The molecular weight excluding hydrogens is 474 g/mol. The van der Waals surface area contributed by atoms with Crippen LogP contribution in [0.5, 0.6) is 0 Å². The molecule has 3 aromatic rings. The first-order chi connectivity index (χ1) is 17.4. The van der Waals surface area contributed by atoms with Crippen molar-refractivity contribution in [2.45, 2.75) is 44.0 Å². The minimum absolute atomic E-state index is 0.106. The summed E-state index contributed by atoms with van der Waals surface area (Å²) < 4.78 is 28.0. The van der Waals surface area contributed by atoms with Crippen molar-refractivity contribution in [1.29, 1.82) is 0 Å². The fraction of sp³-hybridized carbons (Fsp3) is 0.286. The summed E-state index contributed by atoms with van der Waals surface area (Å²) in [6.45, 7) is 3.10. The van der Waals surface area contributed by atoms with Gasteiger partial charge in [-0.2, -0.15) is 4.31 Å². The number of carbonyl (C=O) groups excluding carboxylic acids is 2. The van der Waals surface area contributed by atoms with Gasteiger partial charge in [-0.15, -0.1) is 0 Å². The summed E-state index contributed by atoms with van der Waals surface area (Å²) in [6.07, 6.45) is 3.71. The average molecular weight is 506 g/mol. The molecule has 0 spiro atoms. The Morgan fingerprint density at radius 1 is 0.806 bits per heavy atom. The first kappa shape index (κ1) is 25.6. The normalized spacial score (nSPS) is 14.6. The lowest BCUT2D eigenvalue weighted by Crippen LogP contribution is -2.32. The molecule has 1 heterocycles. The highest BCUT2D eigenvalue weighted by molar-refractivity contribution is 7.89. The number of sulfonamides is 1. The minimum atomic E-state index is -3.70. The fourth-order valence-corrected chi connectivity index (χ4v) is 5.83. The van der Waals surface area contributed by atoms with Crippen LogP contribution in [0.1, 0.15) is 57.5 Å². The lowest BCUT2D eigenvalue weighted by atomic mass is 10.1. The summed E-state index contributed by atoms with van der Waals surface area (Å²) in [6, 6.07) is 20.9. The lowest BCUT2D eigenvalue weighted by molar-refractivity contribution is 0.0951. The van der Waals surface area contributed by atoms with Gasteiger partial charge >= 0.3 is 0 Å². The molecule has 0 saturated carbocycles. The Kier molecular flexibility index (Phi) is 8.18. The smallest absolute Gasteiger partial charge is 0.255 e. The molecule has 1 fully saturated rings. The van der Waals surface area contributed by atoms with Crippen LogP contribution in [-0.2, 0) is 16.6 Å². The molecule has 1 saturated heterocycles. The molecule has 188 valence electrons. The van der Waals surface area contributed by atoms with Gasteiger partial charge in [-0.05, 0) is 55.2 Å². The van der Waals surface area contributed by atoms with Gasteiger partial charge in [0.2, 0.25) is 10.0 Å². The van der Waals surface area contributed by atoms with Gasteiger partial charge in [0.25, 0.3) is 11.8 Å². The van der Waals surface area contributed by atoms with Gasteiger partial charge in [-0.25, -0.2) is 8.42 Å². The Morgan fingerprint density at radius 3 is 2.19 bits per heavy atom. The van der Waals surface area contributed by atoms with Crippen molar-refractivity contribution in [3.63, 3.8) is 0 Å². The molecule has 0 unspecified atom stereocenters. The van der Waals surface area contributed by atoms with Crippen LogP contribution >= 0.6 is 0 Å². The number of hydrogen-bond acceptors (Lipinski definition) is 4. The number of amides is 2. The van der Waals surface area contributed by atoms with E-state index in [9.17, 15) is 18.0 Å². The van der Waals surface area contributed by atoms with Gasteiger partial charge in [0.1, 0.15) is 0 Å². The van der Waals surface area contributed by atoms with Crippen LogP contribution in [-0.4, -0.2) is 37.6 Å². The second-order valence-corrected chi connectivity index (χ2v) is 10.9. The molecule has 2 N–H and O–H groups in total. The van der Waals surface area contributed by atoms with E-state index in [1.54, 1.807) is 43.3 Å². The van der Waals surface area contributed by atoms with Crippen molar-refractivity contribution < 1.29 is 18.0 Å². The van der Waals surface area contributed by atoms with Crippen molar-refractivity contribution in [2.75, 3.05) is 18.4 Å². The van der Waals surface area contributed by atoms with Crippen LogP contribution < -0.4 is 10.6 Å². The van der Waals surface area contributed by atoms with Crippen LogP contribution in [0.15, 0.2) is 77.7 Å². The minimum Gasteiger partial charge on any atom is -0.348 e. The largest absolute Gasteiger partial charge is 0.348 e. The molecule has 0 atom stereocenters. The van der Waals surface area contributed by atoms with Gasteiger partial charge in [0.15, 0.2) is 0 Å². The summed E-state index contributed by atoms with van der Waals surface area (Å²) >= 11 is 0. The van der Waals surface area contributed by atoms with Crippen molar-refractivity contribution >= 4 is 27.5 Å². The zero-order chi connectivity index (χ0) is 25.5. The monoisotopic (exact) mass is 505 g/mol. The van der Waals surface area contributed by atoms with Crippen LogP contribution in [0, 0.1) is 6.92 Å². The van der Waals surface area contributed by atoms with E-state index in [2.05, 4.69) is 10.6 Å². The van der Waals surface area contributed by atoms with E-state index in [4.69, 9.17) is 0 Å². The maximum absolute atomic E-state index is 13.3. The highest BCUT2D eigenvalue weighted by atomic mass is 32.2. The fourth-order valence-electron chi connectivity index (χ4n) is 4.29. The number of rotatable bonds is 7. The molecule has 0 aromatic heterocycles. The highest BCUT2D eigenvalue weighted by Gasteiger charge is 2.26. The Labute approximate surface area is 212 Å². The SMILES string of the molecule is Cc1ccc(S(=O)(=O)N2CCCCCC2)cc1C(=O)Nc1ccccc1C(=O)NCc1ccccc1. The zero-order valence-electron chi connectivity index (χ0n) is 20.4. The molecule has 7 nitrogen and oxygen atoms in total. The van der Waals surface area contributed by atoms with E-state index in [1.165, 1.54) is 10.4 Å². The highest BCUT2D eigenvalue weighted by Crippen LogP contribution is 2.24. The molecule has 1 aliphatic rings. The van der Waals surface area contributed by atoms with E-state index in [1.807, 2.05) is 30.3 Å². The third-order valence-electron chi connectivity index (χ3n) is 6.37. The molecule has 3 aromatic carbocycles. The van der Waals surface area contributed by atoms with Gasteiger partial charge in [-0.1, -0.05) is 61.4 Å². The number of nitrogens with one attached hydrogen (secondary N) is 2. The Hall–Kier alpha value is -3.49. The average Bonchev–Trinajstić information content (AvgIpc) is 3.19. The Morgan fingerprint density at radius 2 is 1.47 bits per heavy atom. The third kappa shape index (κ3) is 6.01. The van der Waals surface area contributed by atoms with Gasteiger partial charge < -0.3 is 10.6 Å². The Balaban J connectivity index is 1.53. The topological polar surface area (TPSA) is 95.6 Å².